The molecule has 2 atom stereocenters. The molecule has 3 heterocycles. The number of benzene rings is 2. The summed E-state index contributed by atoms with van der Waals surface area (Å²) >= 11 is 1.80. The standard InChI is InChI=1S/C23H25F3N2OS/c1-13-16(15-5-4-14(29-2)10-19(15)23(24,25)26)11-17-18-12-27-7-6-20(18)28-8-3-9-30-22(13)21(17)28/h4-5,10-11,18,20,27H,3,6-9,12H2,1-2H3/t18-,20-/m0/s1. The van der Waals surface area contributed by atoms with Gasteiger partial charge in [-0.15, -0.1) is 11.8 Å². The van der Waals surface area contributed by atoms with Crippen LogP contribution in [0.1, 0.15) is 35.4 Å². The zero-order chi connectivity index (χ0) is 21.0. The number of hydrogen-bond donors (Lipinski definition) is 1. The topological polar surface area (TPSA) is 24.5 Å². The molecule has 1 saturated heterocycles. The highest BCUT2D eigenvalue weighted by molar-refractivity contribution is 7.99. The fourth-order valence-electron chi connectivity index (χ4n) is 5.31. The first-order valence-electron chi connectivity index (χ1n) is 10.4. The molecular formula is C23H25F3N2OS. The van der Waals surface area contributed by atoms with Gasteiger partial charge in [-0.25, -0.2) is 0 Å². The van der Waals surface area contributed by atoms with Crippen LogP contribution in [0.4, 0.5) is 18.9 Å². The average molecular weight is 435 g/mol. The molecule has 160 valence electrons. The van der Waals surface area contributed by atoms with Gasteiger partial charge in [0, 0.05) is 29.9 Å². The number of alkyl halides is 3. The summed E-state index contributed by atoms with van der Waals surface area (Å²) in [6, 6.07) is 6.80. The summed E-state index contributed by atoms with van der Waals surface area (Å²) in [4.78, 5) is 3.71. The molecule has 3 nitrogen and oxygen atoms in total. The van der Waals surface area contributed by atoms with Crippen LogP contribution in [0.25, 0.3) is 11.1 Å². The van der Waals surface area contributed by atoms with E-state index in [-0.39, 0.29) is 11.3 Å². The van der Waals surface area contributed by atoms with Crippen molar-refractivity contribution in [3.63, 3.8) is 0 Å². The lowest BCUT2D eigenvalue weighted by Gasteiger charge is -2.33. The van der Waals surface area contributed by atoms with Gasteiger partial charge in [-0.1, -0.05) is 6.07 Å². The van der Waals surface area contributed by atoms with Crippen LogP contribution in [0.2, 0.25) is 0 Å². The second-order valence-corrected chi connectivity index (χ2v) is 9.39. The molecule has 0 spiro atoms. The van der Waals surface area contributed by atoms with Crippen molar-refractivity contribution in [2.24, 2.45) is 0 Å². The minimum atomic E-state index is -4.45. The third-order valence-electron chi connectivity index (χ3n) is 6.68. The number of hydrogen-bond acceptors (Lipinski definition) is 4. The molecule has 0 unspecified atom stereocenters. The Bertz CT molecular complexity index is 991. The highest BCUT2D eigenvalue weighted by Crippen LogP contribution is 2.53. The normalized spacial score (nSPS) is 23.0. The Balaban J connectivity index is 1.74. The minimum absolute atomic E-state index is 0.222. The third-order valence-corrected chi connectivity index (χ3v) is 7.96. The number of piperidine rings is 1. The first kappa shape index (κ1) is 20.1. The van der Waals surface area contributed by atoms with E-state index in [1.54, 1.807) is 23.9 Å². The Morgan fingerprint density at radius 1 is 1.20 bits per heavy atom. The Morgan fingerprint density at radius 2 is 2.03 bits per heavy atom. The van der Waals surface area contributed by atoms with E-state index in [0.29, 0.717) is 17.5 Å². The predicted molar refractivity (Wildman–Crippen MR) is 115 cm³/mol. The zero-order valence-electron chi connectivity index (χ0n) is 17.1. The maximum Gasteiger partial charge on any atom is 0.417 e. The number of methoxy groups -OCH3 is 1. The molecular weight excluding hydrogens is 409 g/mol. The van der Waals surface area contributed by atoms with Crippen LogP contribution in [0, 0.1) is 6.92 Å². The molecule has 0 radical (unpaired) electrons. The number of thioether (sulfide) groups is 1. The molecule has 0 aliphatic carbocycles. The predicted octanol–water partition coefficient (Wildman–Crippen LogP) is 5.45. The average Bonchev–Trinajstić information content (AvgIpc) is 2.88. The number of halogens is 3. The SMILES string of the molecule is COc1ccc(-c2cc3c4c(c2C)SCCCN4[C@H]2CCNC[C@@H]32)c(C(F)(F)F)c1. The van der Waals surface area contributed by atoms with Gasteiger partial charge in [-0.3, -0.25) is 0 Å². The lowest BCUT2D eigenvalue weighted by molar-refractivity contribution is -0.137. The lowest BCUT2D eigenvalue weighted by Crippen LogP contribution is -2.44. The molecule has 7 heteroatoms. The first-order chi connectivity index (χ1) is 14.4. The highest BCUT2D eigenvalue weighted by atomic mass is 32.2. The van der Waals surface area contributed by atoms with E-state index in [4.69, 9.17) is 4.74 Å². The van der Waals surface area contributed by atoms with E-state index in [9.17, 15) is 13.2 Å². The molecule has 2 aromatic carbocycles. The first-order valence-corrected chi connectivity index (χ1v) is 11.4. The maximum absolute atomic E-state index is 14.0. The van der Waals surface area contributed by atoms with Gasteiger partial charge in [0.05, 0.1) is 18.4 Å². The van der Waals surface area contributed by atoms with Gasteiger partial charge in [0.2, 0.25) is 0 Å². The van der Waals surface area contributed by atoms with Gasteiger partial charge in [0.15, 0.2) is 0 Å². The Hall–Kier alpha value is -1.86. The molecule has 2 aromatic rings. The maximum atomic E-state index is 14.0. The summed E-state index contributed by atoms with van der Waals surface area (Å²) in [5, 5.41) is 3.49. The van der Waals surface area contributed by atoms with Gasteiger partial charge in [-0.2, -0.15) is 13.2 Å². The second-order valence-electron chi connectivity index (χ2n) is 8.29. The van der Waals surface area contributed by atoms with Gasteiger partial charge in [0.25, 0.3) is 0 Å². The van der Waals surface area contributed by atoms with E-state index in [2.05, 4.69) is 10.2 Å². The fourth-order valence-corrected chi connectivity index (χ4v) is 6.48. The lowest BCUT2D eigenvalue weighted by atomic mass is 9.86. The largest absolute Gasteiger partial charge is 0.497 e. The van der Waals surface area contributed by atoms with Crippen LogP contribution in [-0.2, 0) is 6.18 Å². The summed E-state index contributed by atoms with van der Waals surface area (Å²) in [7, 11) is 1.39. The molecule has 0 saturated carbocycles. The molecule has 0 bridgehead atoms. The summed E-state index contributed by atoms with van der Waals surface area (Å²) in [5.74, 6) is 1.55. The molecule has 1 N–H and O–H groups in total. The minimum Gasteiger partial charge on any atom is -0.497 e. The quantitative estimate of drug-likeness (QED) is 0.679. The van der Waals surface area contributed by atoms with E-state index in [1.165, 1.54) is 23.3 Å². The number of rotatable bonds is 2. The second kappa shape index (κ2) is 7.38. The van der Waals surface area contributed by atoms with Gasteiger partial charge >= 0.3 is 6.18 Å². The van der Waals surface area contributed by atoms with Crippen LogP contribution in [0.5, 0.6) is 5.75 Å². The number of nitrogens with one attached hydrogen (secondary N) is 1. The van der Waals surface area contributed by atoms with Gasteiger partial charge in [0.1, 0.15) is 5.75 Å². The van der Waals surface area contributed by atoms with Gasteiger partial charge in [-0.05, 0) is 72.5 Å². The Kier molecular flexibility index (Phi) is 4.93. The number of nitrogens with zero attached hydrogens (tertiary/aromatic N) is 1. The molecule has 0 amide bonds. The molecule has 3 aliphatic heterocycles. The summed E-state index contributed by atoms with van der Waals surface area (Å²) < 4.78 is 47.0. The van der Waals surface area contributed by atoms with Crippen molar-refractivity contribution in [3.05, 3.63) is 41.0 Å². The van der Waals surface area contributed by atoms with Gasteiger partial charge < -0.3 is 15.0 Å². The van der Waals surface area contributed by atoms with Crippen molar-refractivity contribution >= 4 is 17.4 Å². The van der Waals surface area contributed by atoms with Crippen molar-refractivity contribution in [2.45, 2.75) is 42.8 Å². The van der Waals surface area contributed by atoms with Crippen LogP contribution in [0.15, 0.2) is 29.2 Å². The Labute approximate surface area is 179 Å². The molecule has 0 aromatic heterocycles. The monoisotopic (exact) mass is 434 g/mol. The number of ether oxygens (including phenoxy) is 1. The van der Waals surface area contributed by atoms with E-state index in [0.717, 1.165) is 49.9 Å². The molecule has 5 rings (SSSR count). The molecule has 30 heavy (non-hydrogen) atoms. The van der Waals surface area contributed by atoms with Crippen LogP contribution < -0.4 is 15.0 Å². The van der Waals surface area contributed by atoms with Crippen molar-refractivity contribution in [1.29, 1.82) is 0 Å². The third kappa shape index (κ3) is 3.09. The van der Waals surface area contributed by atoms with Crippen LogP contribution in [0.3, 0.4) is 0 Å². The fraction of sp³-hybridized carbons (Fsp3) is 0.478. The van der Waals surface area contributed by atoms with Crippen LogP contribution >= 0.6 is 11.8 Å². The number of anilines is 1. The van der Waals surface area contributed by atoms with Crippen molar-refractivity contribution in [1.82, 2.24) is 5.32 Å². The van der Waals surface area contributed by atoms with Crippen molar-refractivity contribution in [2.75, 3.05) is 37.4 Å². The van der Waals surface area contributed by atoms with Crippen molar-refractivity contribution < 1.29 is 17.9 Å². The number of fused-ring (bicyclic) bond motifs is 3. The van der Waals surface area contributed by atoms with Crippen molar-refractivity contribution in [3.8, 4) is 16.9 Å². The van der Waals surface area contributed by atoms with E-state index < -0.39 is 11.7 Å². The molecule has 1 fully saturated rings. The zero-order valence-corrected chi connectivity index (χ0v) is 17.9. The smallest absolute Gasteiger partial charge is 0.417 e. The summed E-state index contributed by atoms with van der Waals surface area (Å²) in [5.41, 5.74) is 3.74. The van der Waals surface area contributed by atoms with E-state index >= 15 is 0 Å². The molecule has 3 aliphatic rings. The van der Waals surface area contributed by atoms with Crippen LogP contribution in [-0.4, -0.2) is 38.5 Å². The summed E-state index contributed by atoms with van der Waals surface area (Å²) in [6.07, 6.45) is -2.27. The highest BCUT2D eigenvalue weighted by Gasteiger charge is 2.43. The Morgan fingerprint density at radius 3 is 2.80 bits per heavy atom. The van der Waals surface area contributed by atoms with E-state index in [1.807, 2.05) is 13.0 Å². The summed E-state index contributed by atoms with van der Waals surface area (Å²) in [6.45, 7) is 4.89.